The van der Waals surface area contributed by atoms with E-state index in [1.54, 1.807) is 13.0 Å². The van der Waals surface area contributed by atoms with Gasteiger partial charge < -0.3 is 14.5 Å². The van der Waals surface area contributed by atoms with Gasteiger partial charge in [0.1, 0.15) is 5.82 Å². The van der Waals surface area contributed by atoms with Crippen molar-refractivity contribution in [3.8, 4) is 0 Å². The zero-order valence-corrected chi connectivity index (χ0v) is 13.8. The Bertz CT molecular complexity index is 672. The van der Waals surface area contributed by atoms with Gasteiger partial charge in [-0.2, -0.15) is 5.10 Å². The van der Waals surface area contributed by atoms with Gasteiger partial charge in [0.05, 0.1) is 12.8 Å². The smallest absolute Gasteiger partial charge is 0.409 e. The minimum Gasteiger partial charge on any atom is -0.450 e. The van der Waals surface area contributed by atoms with Crippen molar-refractivity contribution in [2.24, 2.45) is 5.10 Å². The molecule has 3 amide bonds. The molecule has 0 atom stereocenters. The highest BCUT2D eigenvalue weighted by Crippen LogP contribution is 2.05. The molecule has 0 radical (unpaired) electrons. The summed E-state index contributed by atoms with van der Waals surface area (Å²) in [5.41, 5.74) is 2.27. The Kier molecular flexibility index (Phi) is 6.44. The molecule has 1 aliphatic rings. The lowest BCUT2D eigenvalue weighted by atomic mass is 10.2. The number of halogens is 1. The Balaban J connectivity index is 1.82. The molecule has 1 N–H and O–H groups in total. The maximum Gasteiger partial charge on any atom is 0.409 e. The molecule has 1 aliphatic heterocycles. The fraction of sp³-hybridized carbons (Fsp3) is 0.375. The van der Waals surface area contributed by atoms with E-state index in [0.29, 0.717) is 0 Å². The molecular formula is C16H19FN4O4. The molecule has 1 saturated heterocycles. The number of hydrogen-bond donors (Lipinski definition) is 1. The van der Waals surface area contributed by atoms with Crippen molar-refractivity contribution in [3.05, 3.63) is 35.6 Å². The first-order chi connectivity index (χ1) is 12.0. The summed E-state index contributed by atoms with van der Waals surface area (Å²) < 4.78 is 18.3. The van der Waals surface area contributed by atoms with Crippen LogP contribution in [0.15, 0.2) is 29.4 Å². The van der Waals surface area contributed by atoms with Crippen molar-refractivity contribution in [2.45, 2.75) is 6.92 Å². The normalized spacial score (nSPS) is 14.5. The van der Waals surface area contributed by atoms with Crippen molar-refractivity contribution < 1.29 is 23.5 Å². The van der Waals surface area contributed by atoms with Gasteiger partial charge in [-0.25, -0.2) is 14.6 Å². The average molecular weight is 350 g/mol. The number of piperazine rings is 1. The average Bonchev–Trinajstić information content (AvgIpc) is 2.63. The van der Waals surface area contributed by atoms with Gasteiger partial charge in [0.2, 0.25) is 0 Å². The largest absolute Gasteiger partial charge is 0.450 e. The summed E-state index contributed by atoms with van der Waals surface area (Å²) in [7, 11) is 0. The molecule has 0 aliphatic carbocycles. The van der Waals surface area contributed by atoms with E-state index in [1.165, 1.54) is 28.0 Å². The molecular weight excluding hydrogens is 331 g/mol. The first-order valence-electron chi connectivity index (χ1n) is 7.81. The molecule has 25 heavy (non-hydrogen) atoms. The van der Waals surface area contributed by atoms with E-state index in [4.69, 9.17) is 4.74 Å². The van der Waals surface area contributed by atoms with Crippen molar-refractivity contribution in [2.75, 3.05) is 32.8 Å². The summed E-state index contributed by atoms with van der Waals surface area (Å²) in [6.07, 6.45) is 0.688. The number of hydrazone groups is 1. The van der Waals surface area contributed by atoms with E-state index < -0.39 is 23.7 Å². The topological polar surface area (TPSA) is 91.3 Å². The minimum atomic E-state index is -0.919. The lowest BCUT2D eigenvalue weighted by Crippen LogP contribution is -2.53. The van der Waals surface area contributed by atoms with Crippen LogP contribution in [0.3, 0.4) is 0 Å². The van der Waals surface area contributed by atoms with Crippen molar-refractivity contribution >= 4 is 24.1 Å². The van der Waals surface area contributed by atoms with Crippen LogP contribution in [0, 0.1) is 5.82 Å². The van der Waals surface area contributed by atoms with Crippen LogP contribution in [0.1, 0.15) is 12.5 Å². The van der Waals surface area contributed by atoms with E-state index >= 15 is 0 Å². The van der Waals surface area contributed by atoms with Crippen LogP contribution in [-0.4, -0.2) is 66.7 Å². The van der Waals surface area contributed by atoms with Gasteiger partial charge in [-0.3, -0.25) is 9.59 Å². The van der Waals surface area contributed by atoms with Crippen LogP contribution in [0.2, 0.25) is 0 Å². The molecule has 1 fully saturated rings. The molecule has 0 bridgehead atoms. The van der Waals surface area contributed by atoms with Crippen LogP contribution in [0.25, 0.3) is 0 Å². The maximum absolute atomic E-state index is 13.4. The van der Waals surface area contributed by atoms with Crippen molar-refractivity contribution in [3.63, 3.8) is 0 Å². The summed E-state index contributed by atoms with van der Waals surface area (Å²) >= 11 is 0. The molecule has 0 aromatic heterocycles. The van der Waals surface area contributed by atoms with Gasteiger partial charge in [-0.1, -0.05) is 18.2 Å². The molecule has 2 rings (SSSR count). The third-order valence-corrected chi connectivity index (χ3v) is 3.56. The first-order valence-corrected chi connectivity index (χ1v) is 7.81. The molecule has 9 heteroatoms. The fourth-order valence-corrected chi connectivity index (χ4v) is 2.24. The highest BCUT2D eigenvalue weighted by molar-refractivity contribution is 6.35. The summed E-state index contributed by atoms with van der Waals surface area (Å²) in [5, 5.41) is 3.59. The van der Waals surface area contributed by atoms with Gasteiger partial charge in [0.15, 0.2) is 0 Å². The van der Waals surface area contributed by atoms with Crippen LogP contribution in [0.5, 0.6) is 0 Å². The fourth-order valence-electron chi connectivity index (χ4n) is 2.24. The second-order valence-electron chi connectivity index (χ2n) is 5.20. The second kappa shape index (κ2) is 8.76. The van der Waals surface area contributed by atoms with Gasteiger partial charge in [0, 0.05) is 31.7 Å². The van der Waals surface area contributed by atoms with Gasteiger partial charge in [0.25, 0.3) is 0 Å². The predicted molar refractivity (Wildman–Crippen MR) is 87.3 cm³/mol. The lowest BCUT2D eigenvalue weighted by molar-refractivity contribution is -0.146. The monoisotopic (exact) mass is 350 g/mol. The first kappa shape index (κ1) is 18.4. The van der Waals surface area contributed by atoms with E-state index in [-0.39, 0.29) is 38.3 Å². The van der Waals surface area contributed by atoms with Crippen LogP contribution in [0.4, 0.5) is 9.18 Å². The van der Waals surface area contributed by atoms with E-state index in [2.05, 4.69) is 10.5 Å². The van der Waals surface area contributed by atoms with Crippen LogP contribution >= 0.6 is 0 Å². The molecule has 1 aromatic rings. The zero-order chi connectivity index (χ0) is 18.2. The van der Waals surface area contributed by atoms with E-state index in [1.807, 2.05) is 0 Å². The Morgan fingerprint density at radius 3 is 2.48 bits per heavy atom. The van der Waals surface area contributed by atoms with Crippen LogP contribution < -0.4 is 5.43 Å². The van der Waals surface area contributed by atoms with Gasteiger partial charge in [-0.15, -0.1) is 0 Å². The highest BCUT2D eigenvalue weighted by atomic mass is 19.1. The Labute approximate surface area is 144 Å². The van der Waals surface area contributed by atoms with Crippen molar-refractivity contribution in [1.82, 2.24) is 15.2 Å². The van der Waals surface area contributed by atoms with E-state index in [9.17, 15) is 18.8 Å². The third kappa shape index (κ3) is 5.00. The highest BCUT2D eigenvalue weighted by Gasteiger charge is 2.28. The maximum atomic E-state index is 13.4. The number of carbonyl (C=O) groups excluding carboxylic acids is 3. The van der Waals surface area contributed by atoms with Crippen molar-refractivity contribution in [1.29, 1.82) is 0 Å². The Hall–Kier alpha value is -2.97. The molecule has 1 aromatic carbocycles. The number of amides is 3. The predicted octanol–water partition coefficient (Wildman–Crippen LogP) is 0.577. The number of nitrogens with one attached hydrogen (secondary N) is 1. The summed E-state index contributed by atoms with van der Waals surface area (Å²) in [5.74, 6) is -2.16. The standard InChI is InChI=1S/C16H19FN4O4/c1-2-25-16(24)21-9-7-20(8-10-21)15(23)14(22)19-18-11-12-5-3-4-6-13(12)17/h3-6,11H,2,7-10H2,1H3,(H,19,22)/b18-11+. The lowest BCUT2D eigenvalue weighted by Gasteiger charge is -2.33. The third-order valence-electron chi connectivity index (χ3n) is 3.56. The molecule has 8 nitrogen and oxygen atoms in total. The Morgan fingerprint density at radius 2 is 1.84 bits per heavy atom. The number of hydrogen-bond acceptors (Lipinski definition) is 5. The van der Waals surface area contributed by atoms with Gasteiger partial charge in [-0.05, 0) is 13.0 Å². The quantitative estimate of drug-likeness (QED) is 0.490. The number of ether oxygens (including phenoxy) is 1. The van der Waals surface area contributed by atoms with Crippen LogP contribution in [-0.2, 0) is 14.3 Å². The van der Waals surface area contributed by atoms with Gasteiger partial charge >= 0.3 is 17.9 Å². The molecule has 1 heterocycles. The SMILES string of the molecule is CCOC(=O)N1CCN(C(=O)C(=O)N/N=C/c2ccccc2F)CC1. The summed E-state index contributed by atoms with van der Waals surface area (Å²) in [6.45, 7) is 3.02. The molecule has 134 valence electrons. The number of benzene rings is 1. The summed E-state index contributed by atoms with van der Waals surface area (Å²) in [6, 6.07) is 5.91. The number of rotatable bonds is 3. The zero-order valence-electron chi connectivity index (χ0n) is 13.8. The molecule has 0 spiro atoms. The molecule has 0 unspecified atom stereocenters. The second-order valence-corrected chi connectivity index (χ2v) is 5.20. The number of nitrogens with zero attached hydrogens (tertiary/aromatic N) is 3. The Morgan fingerprint density at radius 1 is 1.20 bits per heavy atom. The summed E-state index contributed by atoms with van der Waals surface area (Å²) in [4.78, 5) is 38.2. The van der Waals surface area contributed by atoms with E-state index in [0.717, 1.165) is 6.21 Å². The minimum absolute atomic E-state index is 0.193. The number of carbonyl (C=O) groups is 3. The molecule has 0 saturated carbocycles.